The van der Waals surface area contributed by atoms with Crippen LogP contribution in [0.5, 0.6) is 0 Å². The van der Waals surface area contributed by atoms with Gasteiger partial charge in [0.15, 0.2) is 5.82 Å². The molecule has 1 aromatic carbocycles. The van der Waals surface area contributed by atoms with Gasteiger partial charge in [-0.15, -0.1) is 10.2 Å². The fourth-order valence-electron chi connectivity index (χ4n) is 1.80. The van der Waals surface area contributed by atoms with Crippen LogP contribution in [0.25, 0.3) is 11.3 Å². The maximum Gasteiger partial charge on any atom is 0.151 e. The maximum absolute atomic E-state index is 4.30. The third kappa shape index (κ3) is 3.51. The molecule has 0 radical (unpaired) electrons. The molecule has 1 aromatic heterocycles. The molecule has 0 spiro atoms. The van der Waals surface area contributed by atoms with Crippen LogP contribution in [0.2, 0.25) is 0 Å². The third-order valence-corrected chi connectivity index (χ3v) is 3.09. The lowest BCUT2D eigenvalue weighted by molar-refractivity contribution is 0.756. The monoisotopic (exact) mass is 256 g/mol. The number of nitrogens with zero attached hydrogens (tertiary/aromatic N) is 3. The maximum atomic E-state index is 4.30. The Hall–Kier alpha value is -1.94. The number of hydrogen-bond donors (Lipinski definition) is 1. The summed E-state index contributed by atoms with van der Waals surface area (Å²) in [5.74, 6) is 0.895. The van der Waals surface area contributed by atoms with E-state index in [0.29, 0.717) is 0 Å². The van der Waals surface area contributed by atoms with Gasteiger partial charge in [0, 0.05) is 25.7 Å². The largest absolute Gasteiger partial charge is 0.357 e. The summed E-state index contributed by atoms with van der Waals surface area (Å²) in [6.07, 6.45) is 0. The molecule has 0 saturated heterocycles. The summed E-state index contributed by atoms with van der Waals surface area (Å²) in [5.41, 5.74) is 3.26. The molecule has 2 rings (SSSR count). The minimum Gasteiger partial charge on any atom is -0.357 e. The Bertz CT molecular complexity index is 505. The molecule has 0 aliphatic rings. The van der Waals surface area contributed by atoms with Crippen LogP contribution in [0.1, 0.15) is 5.56 Å². The first-order valence-corrected chi connectivity index (χ1v) is 6.47. The molecule has 0 unspecified atom stereocenters. The Morgan fingerprint density at radius 3 is 2.37 bits per heavy atom. The van der Waals surface area contributed by atoms with E-state index < -0.39 is 0 Å². The second-order valence-corrected chi connectivity index (χ2v) is 4.67. The summed E-state index contributed by atoms with van der Waals surface area (Å²) in [4.78, 5) is 2.09. The van der Waals surface area contributed by atoms with E-state index in [1.807, 2.05) is 26.2 Å². The molecule has 2 aromatic rings. The molecule has 0 saturated carbocycles. The molecule has 0 bridgehead atoms. The van der Waals surface area contributed by atoms with Crippen molar-refractivity contribution >= 4 is 5.82 Å². The lowest BCUT2D eigenvalue weighted by atomic mass is 10.1. The van der Waals surface area contributed by atoms with Gasteiger partial charge in [-0.3, -0.25) is 0 Å². The number of benzene rings is 1. The van der Waals surface area contributed by atoms with Gasteiger partial charge < -0.3 is 10.2 Å². The number of aryl methyl sites for hydroxylation is 1. The number of nitrogens with one attached hydrogen (secondary N) is 1. The zero-order chi connectivity index (χ0) is 13.7. The Labute approximate surface area is 114 Å². The van der Waals surface area contributed by atoms with E-state index >= 15 is 0 Å². The van der Waals surface area contributed by atoms with Crippen molar-refractivity contribution in [3.05, 3.63) is 42.0 Å². The minimum atomic E-state index is 0.895. The number of anilines is 1. The number of hydrogen-bond acceptors (Lipinski definition) is 4. The molecular weight excluding hydrogens is 236 g/mol. The zero-order valence-corrected chi connectivity index (χ0v) is 11.7. The van der Waals surface area contributed by atoms with Crippen LogP contribution in [0.4, 0.5) is 5.82 Å². The lowest BCUT2D eigenvalue weighted by Crippen LogP contribution is -2.27. The van der Waals surface area contributed by atoms with Crippen LogP contribution in [-0.2, 0) is 0 Å². The Kier molecular flexibility index (Phi) is 4.47. The molecule has 0 amide bonds. The van der Waals surface area contributed by atoms with Crippen molar-refractivity contribution in [1.82, 2.24) is 15.5 Å². The first kappa shape index (κ1) is 13.5. The fraction of sp³-hybridized carbons (Fsp3) is 0.333. The van der Waals surface area contributed by atoms with Crippen LogP contribution >= 0.6 is 0 Å². The van der Waals surface area contributed by atoms with E-state index in [2.05, 4.69) is 51.6 Å². The number of aromatic nitrogens is 2. The van der Waals surface area contributed by atoms with E-state index in [1.165, 1.54) is 5.56 Å². The molecule has 4 heteroatoms. The Morgan fingerprint density at radius 2 is 1.79 bits per heavy atom. The summed E-state index contributed by atoms with van der Waals surface area (Å²) in [5, 5.41) is 11.7. The van der Waals surface area contributed by atoms with Gasteiger partial charge in [-0.1, -0.05) is 29.8 Å². The first-order chi connectivity index (χ1) is 9.20. The molecule has 4 nitrogen and oxygen atoms in total. The average Bonchev–Trinajstić information content (AvgIpc) is 2.46. The second kappa shape index (κ2) is 6.29. The smallest absolute Gasteiger partial charge is 0.151 e. The quantitative estimate of drug-likeness (QED) is 0.889. The molecule has 0 aliphatic carbocycles. The minimum absolute atomic E-state index is 0.895. The topological polar surface area (TPSA) is 41.0 Å². The van der Waals surface area contributed by atoms with E-state index in [4.69, 9.17) is 0 Å². The SMILES string of the molecule is CNCCN(C)c1ccc(-c2ccc(C)cc2)nn1. The van der Waals surface area contributed by atoms with E-state index in [-0.39, 0.29) is 0 Å². The first-order valence-electron chi connectivity index (χ1n) is 6.47. The van der Waals surface area contributed by atoms with E-state index in [9.17, 15) is 0 Å². The van der Waals surface area contributed by atoms with Gasteiger partial charge in [-0.05, 0) is 26.1 Å². The molecule has 100 valence electrons. The zero-order valence-electron chi connectivity index (χ0n) is 11.7. The van der Waals surface area contributed by atoms with Crippen LogP contribution in [-0.4, -0.2) is 37.4 Å². The van der Waals surface area contributed by atoms with Crippen molar-refractivity contribution in [3.8, 4) is 11.3 Å². The third-order valence-electron chi connectivity index (χ3n) is 3.09. The van der Waals surface area contributed by atoms with Gasteiger partial charge in [-0.2, -0.15) is 0 Å². The van der Waals surface area contributed by atoms with Gasteiger partial charge in [-0.25, -0.2) is 0 Å². The van der Waals surface area contributed by atoms with Crippen LogP contribution in [0.3, 0.4) is 0 Å². The highest BCUT2D eigenvalue weighted by atomic mass is 15.2. The predicted octanol–water partition coefficient (Wildman–Crippen LogP) is 2.11. The highest BCUT2D eigenvalue weighted by Gasteiger charge is 2.04. The van der Waals surface area contributed by atoms with E-state index in [0.717, 1.165) is 30.2 Å². The van der Waals surface area contributed by atoms with Gasteiger partial charge in [0.25, 0.3) is 0 Å². The normalized spacial score (nSPS) is 10.5. The van der Waals surface area contributed by atoms with Crippen molar-refractivity contribution in [1.29, 1.82) is 0 Å². The van der Waals surface area contributed by atoms with Gasteiger partial charge in [0.1, 0.15) is 0 Å². The van der Waals surface area contributed by atoms with E-state index in [1.54, 1.807) is 0 Å². The van der Waals surface area contributed by atoms with Crippen molar-refractivity contribution in [2.75, 3.05) is 32.1 Å². The van der Waals surface area contributed by atoms with Crippen molar-refractivity contribution < 1.29 is 0 Å². The molecule has 0 aliphatic heterocycles. The highest BCUT2D eigenvalue weighted by Crippen LogP contribution is 2.18. The molecule has 1 heterocycles. The van der Waals surface area contributed by atoms with Crippen molar-refractivity contribution in [3.63, 3.8) is 0 Å². The number of rotatable bonds is 5. The van der Waals surface area contributed by atoms with Gasteiger partial charge in [0.05, 0.1) is 5.69 Å². The molecule has 0 fully saturated rings. The molecule has 1 N–H and O–H groups in total. The Balaban J connectivity index is 2.11. The fourth-order valence-corrected chi connectivity index (χ4v) is 1.80. The molecule has 19 heavy (non-hydrogen) atoms. The Morgan fingerprint density at radius 1 is 1.05 bits per heavy atom. The highest BCUT2D eigenvalue weighted by molar-refractivity contribution is 5.60. The molecule has 0 atom stereocenters. The second-order valence-electron chi connectivity index (χ2n) is 4.67. The predicted molar refractivity (Wildman–Crippen MR) is 79.4 cm³/mol. The summed E-state index contributed by atoms with van der Waals surface area (Å²) in [6.45, 7) is 3.92. The number of likely N-dealkylation sites (N-methyl/N-ethyl adjacent to an activating group) is 2. The summed E-state index contributed by atoms with van der Waals surface area (Å²) < 4.78 is 0. The summed E-state index contributed by atoms with van der Waals surface area (Å²) >= 11 is 0. The van der Waals surface area contributed by atoms with Crippen LogP contribution in [0, 0.1) is 6.92 Å². The van der Waals surface area contributed by atoms with Crippen molar-refractivity contribution in [2.45, 2.75) is 6.92 Å². The summed E-state index contributed by atoms with van der Waals surface area (Å²) in [7, 11) is 3.97. The standard InChI is InChI=1S/C15H20N4/c1-12-4-6-13(7-5-12)14-8-9-15(18-17-14)19(3)11-10-16-2/h4-9,16H,10-11H2,1-3H3. The lowest BCUT2D eigenvalue weighted by Gasteiger charge is -2.17. The van der Waals surface area contributed by atoms with Crippen molar-refractivity contribution in [2.24, 2.45) is 0 Å². The van der Waals surface area contributed by atoms with Crippen LogP contribution < -0.4 is 10.2 Å². The average molecular weight is 256 g/mol. The molecular formula is C15H20N4. The van der Waals surface area contributed by atoms with Gasteiger partial charge >= 0.3 is 0 Å². The van der Waals surface area contributed by atoms with Crippen LogP contribution in [0.15, 0.2) is 36.4 Å². The summed E-state index contributed by atoms with van der Waals surface area (Å²) in [6, 6.07) is 12.3. The van der Waals surface area contributed by atoms with Gasteiger partial charge in [0.2, 0.25) is 0 Å².